The maximum atomic E-state index is 6.12. The summed E-state index contributed by atoms with van der Waals surface area (Å²) in [5.41, 5.74) is 9.20. The van der Waals surface area contributed by atoms with E-state index in [9.17, 15) is 0 Å². The van der Waals surface area contributed by atoms with E-state index in [0.717, 1.165) is 17.1 Å². The number of aromatic nitrogens is 2. The molecule has 0 aliphatic rings. The summed E-state index contributed by atoms with van der Waals surface area (Å²) in [5.74, 6) is 0.725. The largest absolute Gasteiger partial charge is 0.383 e. The van der Waals surface area contributed by atoms with E-state index < -0.39 is 0 Å². The van der Waals surface area contributed by atoms with Gasteiger partial charge in [0.2, 0.25) is 0 Å². The molecule has 0 radical (unpaired) electrons. The van der Waals surface area contributed by atoms with Gasteiger partial charge >= 0.3 is 0 Å². The summed E-state index contributed by atoms with van der Waals surface area (Å²) in [6.07, 6.45) is 1.80. The van der Waals surface area contributed by atoms with Gasteiger partial charge in [-0.05, 0) is 26.0 Å². The van der Waals surface area contributed by atoms with Gasteiger partial charge in [0.25, 0.3) is 0 Å². The SMILES string of the molecule is CC(C)n1cnc(-c2ccc(N(C)C)cc2)c1N. The molecule has 0 aliphatic heterocycles. The minimum absolute atomic E-state index is 0.326. The smallest absolute Gasteiger partial charge is 0.131 e. The maximum Gasteiger partial charge on any atom is 0.131 e. The molecule has 1 aromatic carbocycles. The second-order valence-electron chi connectivity index (χ2n) is 4.92. The third-order valence-electron chi connectivity index (χ3n) is 3.05. The van der Waals surface area contributed by atoms with Crippen LogP contribution in [0.5, 0.6) is 0 Å². The number of nitrogen functional groups attached to an aromatic ring is 1. The van der Waals surface area contributed by atoms with Gasteiger partial charge in [0, 0.05) is 31.4 Å². The van der Waals surface area contributed by atoms with Gasteiger partial charge in [-0.1, -0.05) is 12.1 Å². The summed E-state index contributed by atoms with van der Waals surface area (Å²) >= 11 is 0. The molecule has 4 nitrogen and oxygen atoms in total. The lowest BCUT2D eigenvalue weighted by Gasteiger charge is -2.12. The number of hydrogen-bond acceptors (Lipinski definition) is 3. The Hall–Kier alpha value is -1.97. The molecule has 4 heteroatoms. The molecular formula is C14H20N4. The third kappa shape index (κ3) is 2.18. The highest BCUT2D eigenvalue weighted by Crippen LogP contribution is 2.27. The van der Waals surface area contributed by atoms with E-state index in [4.69, 9.17) is 5.73 Å². The van der Waals surface area contributed by atoms with Crippen molar-refractivity contribution in [2.75, 3.05) is 24.7 Å². The number of hydrogen-bond donors (Lipinski definition) is 1. The van der Waals surface area contributed by atoms with Crippen LogP contribution in [0.1, 0.15) is 19.9 Å². The van der Waals surface area contributed by atoms with E-state index in [-0.39, 0.29) is 0 Å². The summed E-state index contributed by atoms with van der Waals surface area (Å²) in [6, 6.07) is 8.58. The lowest BCUT2D eigenvalue weighted by molar-refractivity contribution is 0.607. The van der Waals surface area contributed by atoms with E-state index in [1.807, 2.05) is 18.7 Å². The Morgan fingerprint density at radius 3 is 2.22 bits per heavy atom. The number of anilines is 2. The van der Waals surface area contributed by atoms with Crippen molar-refractivity contribution in [3.05, 3.63) is 30.6 Å². The first kappa shape index (κ1) is 12.5. The van der Waals surface area contributed by atoms with Gasteiger partial charge in [-0.3, -0.25) is 0 Å². The summed E-state index contributed by atoms with van der Waals surface area (Å²) in [7, 11) is 4.05. The predicted octanol–water partition coefficient (Wildman–Crippen LogP) is 2.78. The van der Waals surface area contributed by atoms with Gasteiger partial charge in [-0.15, -0.1) is 0 Å². The van der Waals surface area contributed by atoms with Gasteiger partial charge in [0.1, 0.15) is 11.5 Å². The number of nitrogens with zero attached hydrogens (tertiary/aromatic N) is 3. The molecule has 1 aromatic heterocycles. The molecule has 2 N–H and O–H groups in total. The molecule has 0 amide bonds. The molecule has 18 heavy (non-hydrogen) atoms. The maximum absolute atomic E-state index is 6.12. The molecule has 2 rings (SSSR count). The van der Waals surface area contributed by atoms with Crippen molar-refractivity contribution in [3.8, 4) is 11.3 Å². The van der Waals surface area contributed by atoms with Gasteiger partial charge in [0.15, 0.2) is 0 Å². The summed E-state index contributed by atoms with van der Waals surface area (Å²) < 4.78 is 1.98. The highest BCUT2D eigenvalue weighted by Gasteiger charge is 2.11. The molecule has 0 spiro atoms. The standard InChI is InChI=1S/C14H20N4/c1-10(2)18-9-16-13(14(18)15)11-5-7-12(8-6-11)17(3)4/h5-10H,15H2,1-4H3. The molecule has 96 valence electrons. The summed E-state index contributed by atoms with van der Waals surface area (Å²) in [5, 5.41) is 0. The van der Waals surface area contributed by atoms with E-state index in [1.165, 1.54) is 5.69 Å². The fraction of sp³-hybridized carbons (Fsp3) is 0.357. The second-order valence-corrected chi connectivity index (χ2v) is 4.92. The lowest BCUT2D eigenvalue weighted by Crippen LogP contribution is -2.08. The number of rotatable bonds is 3. The Balaban J connectivity index is 2.37. The predicted molar refractivity (Wildman–Crippen MR) is 76.8 cm³/mol. The Morgan fingerprint density at radius 1 is 1.17 bits per heavy atom. The van der Waals surface area contributed by atoms with Crippen LogP contribution >= 0.6 is 0 Å². The zero-order valence-electron chi connectivity index (χ0n) is 11.4. The number of nitrogens with two attached hydrogens (primary N) is 1. The first-order valence-corrected chi connectivity index (χ1v) is 6.10. The van der Waals surface area contributed by atoms with E-state index in [2.05, 4.69) is 48.0 Å². The average molecular weight is 244 g/mol. The van der Waals surface area contributed by atoms with E-state index in [1.54, 1.807) is 6.33 Å². The first-order chi connectivity index (χ1) is 8.50. The zero-order chi connectivity index (χ0) is 13.3. The molecule has 0 fully saturated rings. The number of benzene rings is 1. The third-order valence-corrected chi connectivity index (χ3v) is 3.05. The van der Waals surface area contributed by atoms with Crippen molar-refractivity contribution in [1.82, 2.24) is 9.55 Å². The van der Waals surface area contributed by atoms with Crippen LogP contribution in [0.15, 0.2) is 30.6 Å². The second kappa shape index (κ2) is 4.72. The van der Waals surface area contributed by atoms with Crippen molar-refractivity contribution in [2.24, 2.45) is 0 Å². The highest BCUT2D eigenvalue weighted by atomic mass is 15.1. The Morgan fingerprint density at radius 2 is 1.78 bits per heavy atom. The van der Waals surface area contributed by atoms with Crippen molar-refractivity contribution in [2.45, 2.75) is 19.9 Å². The molecule has 0 aliphatic carbocycles. The van der Waals surface area contributed by atoms with Crippen molar-refractivity contribution in [1.29, 1.82) is 0 Å². The van der Waals surface area contributed by atoms with Gasteiger partial charge in [-0.25, -0.2) is 4.98 Å². The van der Waals surface area contributed by atoms with E-state index in [0.29, 0.717) is 6.04 Å². The van der Waals surface area contributed by atoms with Crippen LogP contribution < -0.4 is 10.6 Å². The van der Waals surface area contributed by atoms with Crippen LogP contribution in [-0.2, 0) is 0 Å². The average Bonchev–Trinajstić information content (AvgIpc) is 2.71. The molecule has 0 bridgehead atoms. The molecule has 2 aromatic rings. The topological polar surface area (TPSA) is 47.1 Å². The lowest BCUT2D eigenvalue weighted by atomic mass is 10.1. The molecule has 0 saturated heterocycles. The van der Waals surface area contributed by atoms with Gasteiger partial charge < -0.3 is 15.2 Å². The monoisotopic (exact) mass is 244 g/mol. The van der Waals surface area contributed by atoms with E-state index >= 15 is 0 Å². The Bertz CT molecular complexity index is 523. The van der Waals surface area contributed by atoms with Gasteiger partial charge in [-0.2, -0.15) is 0 Å². The van der Waals surface area contributed by atoms with Crippen molar-refractivity contribution < 1.29 is 0 Å². The van der Waals surface area contributed by atoms with Crippen LogP contribution in [-0.4, -0.2) is 23.6 Å². The molecule has 0 saturated carbocycles. The quantitative estimate of drug-likeness (QED) is 0.903. The fourth-order valence-electron chi connectivity index (χ4n) is 1.92. The van der Waals surface area contributed by atoms with Crippen molar-refractivity contribution >= 4 is 11.5 Å². The molecule has 0 atom stereocenters. The zero-order valence-corrected chi connectivity index (χ0v) is 11.4. The Kier molecular flexibility index (Phi) is 3.28. The van der Waals surface area contributed by atoms with Crippen molar-refractivity contribution in [3.63, 3.8) is 0 Å². The molecular weight excluding hydrogens is 224 g/mol. The Labute approximate surface area is 108 Å². The normalized spacial score (nSPS) is 10.9. The fourth-order valence-corrected chi connectivity index (χ4v) is 1.92. The van der Waals surface area contributed by atoms with Crippen LogP contribution in [0, 0.1) is 0 Å². The molecule has 1 heterocycles. The molecule has 0 unspecified atom stereocenters. The minimum Gasteiger partial charge on any atom is -0.383 e. The van der Waals surface area contributed by atoms with Crippen LogP contribution in [0.2, 0.25) is 0 Å². The van der Waals surface area contributed by atoms with Crippen LogP contribution in [0.25, 0.3) is 11.3 Å². The van der Waals surface area contributed by atoms with Crippen LogP contribution in [0.3, 0.4) is 0 Å². The minimum atomic E-state index is 0.326. The number of imidazole rings is 1. The van der Waals surface area contributed by atoms with Gasteiger partial charge in [0.05, 0.1) is 6.33 Å². The first-order valence-electron chi connectivity index (χ1n) is 6.10. The van der Waals surface area contributed by atoms with Crippen LogP contribution in [0.4, 0.5) is 11.5 Å². The summed E-state index contributed by atoms with van der Waals surface area (Å²) in [6.45, 7) is 4.19. The highest BCUT2D eigenvalue weighted by molar-refractivity contribution is 5.72. The summed E-state index contributed by atoms with van der Waals surface area (Å²) in [4.78, 5) is 6.48.